The number of aromatic nitrogens is 1. The van der Waals surface area contributed by atoms with Crippen LogP contribution >= 0.6 is 24.0 Å². The van der Waals surface area contributed by atoms with Crippen molar-refractivity contribution in [3.63, 3.8) is 0 Å². The largest absolute Gasteiger partial charge is 0.465 e. The van der Waals surface area contributed by atoms with E-state index < -0.39 is 5.97 Å². The number of anilines is 3. The first kappa shape index (κ1) is 20.2. The Bertz CT molecular complexity index is 1090. The summed E-state index contributed by atoms with van der Waals surface area (Å²) in [6.45, 7) is 1.86. The second-order valence-corrected chi connectivity index (χ2v) is 8.26. The minimum Gasteiger partial charge on any atom is -0.465 e. The van der Waals surface area contributed by atoms with Crippen molar-refractivity contribution in [2.45, 2.75) is 17.2 Å². The number of hydrogen-bond donors (Lipinski definition) is 3. The number of nitrogens with zero attached hydrogens (tertiary/aromatic N) is 1. The zero-order valence-corrected chi connectivity index (χ0v) is 18.1. The minimum atomic E-state index is -0.404. The highest BCUT2D eigenvalue weighted by Gasteiger charge is 2.23. The van der Waals surface area contributed by atoms with Crippen molar-refractivity contribution in [2.24, 2.45) is 0 Å². The van der Waals surface area contributed by atoms with Gasteiger partial charge in [-0.15, -0.1) is 0 Å². The summed E-state index contributed by atoms with van der Waals surface area (Å²) in [5.74, 6) is -0.404. The lowest BCUT2D eigenvalue weighted by atomic mass is 10.1. The van der Waals surface area contributed by atoms with E-state index in [-0.39, 0.29) is 5.37 Å². The number of rotatable bonds is 4. The molecule has 3 aromatic rings. The molecule has 1 unspecified atom stereocenters. The zero-order chi connectivity index (χ0) is 21.1. The van der Waals surface area contributed by atoms with Crippen molar-refractivity contribution < 1.29 is 9.53 Å². The van der Waals surface area contributed by atoms with Crippen LogP contribution in [-0.4, -0.2) is 23.2 Å². The lowest BCUT2D eigenvalue weighted by Crippen LogP contribution is -2.21. The van der Waals surface area contributed by atoms with Crippen molar-refractivity contribution in [1.29, 1.82) is 0 Å². The molecule has 3 N–H and O–H groups in total. The number of thiocarbonyl (C=S) groups is 1. The molecule has 0 fully saturated rings. The van der Waals surface area contributed by atoms with Crippen LogP contribution < -0.4 is 16.0 Å². The molecular formula is C22H20N4O2S2. The van der Waals surface area contributed by atoms with E-state index in [4.69, 9.17) is 17.0 Å². The monoisotopic (exact) mass is 436 g/mol. The average Bonchev–Trinajstić information content (AvgIpc) is 3.18. The number of nitrogens with one attached hydrogen (secondary N) is 3. The molecule has 0 amide bonds. The van der Waals surface area contributed by atoms with E-state index in [0.29, 0.717) is 16.4 Å². The molecule has 0 bridgehead atoms. The summed E-state index contributed by atoms with van der Waals surface area (Å²) in [6, 6.07) is 15.6. The Morgan fingerprint density at radius 1 is 1.20 bits per heavy atom. The molecule has 2 heterocycles. The highest BCUT2D eigenvalue weighted by atomic mass is 32.2. The SMILES string of the molecule is COC(=O)c1c(C)cccc1NC(=S)Nc1cccc(C2Nc3ccncc3S2)c1. The Morgan fingerprint density at radius 3 is 2.83 bits per heavy atom. The molecule has 1 aliphatic heterocycles. The van der Waals surface area contributed by atoms with Crippen molar-refractivity contribution >= 4 is 52.1 Å². The maximum absolute atomic E-state index is 12.1. The van der Waals surface area contributed by atoms with Crippen molar-refractivity contribution in [3.05, 3.63) is 77.6 Å². The van der Waals surface area contributed by atoms with Crippen LogP contribution in [0.2, 0.25) is 0 Å². The molecule has 0 aliphatic carbocycles. The van der Waals surface area contributed by atoms with E-state index in [2.05, 4.69) is 33.1 Å². The van der Waals surface area contributed by atoms with Gasteiger partial charge in [0.2, 0.25) is 0 Å². The lowest BCUT2D eigenvalue weighted by molar-refractivity contribution is 0.0601. The molecule has 2 aromatic carbocycles. The summed E-state index contributed by atoms with van der Waals surface area (Å²) in [6.07, 6.45) is 3.65. The summed E-state index contributed by atoms with van der Waals surface area (Å²) in [5, 5.41) is 10.3. The van der Waals surface area contributed by atoms with Gasteiger partial charge in [-0.3, -0.25) is 4.98 Å². The van der Waals surface area contributed by atoms with Gasteiger partial charge in [0.05, 0.1) is 28.9 Å². The van der Waals surface area contributed by atoms with E-state index in [9.17, 15) is 4.79 Å². The third kappa shape index (κ3) is 4.24. The van der Waals surface area contributed by atoms with Gasteiger partial charge in [0.25, 0.3) is 0 Å². The number of carbonyl (C=O) groups is 1. The van der Waals surface area contributed by atoms with Crippen LogP contribution in [0, 0.1) is 6.92 Å². The molecule has 0 saturated heterocycles. The minimum absolute atomic E-state index is 0.107. The smallest absolute Gasteiger partial charge is 0.340 e. The molecule has 6 nitrogen and oxygen atoms in total. The maximum atomic E-state index is 12.1. The van der Waals surface area contributed by atoms with Crippen LogP contribution in [0.25, 0.3) is 0 Å². The molecule has 8 heteroatoms. The fourth-order valence-corrected chi connectivity index (χ4v) is 4.58. The molecule has 1 aliphatic rings. The van der Waals surface area contributed by atoms with Crippen LogP contribution in [0.1, 0.15) is 26.9 Å². The second kappa shape index (κ2) is 8.73. The van der Waals surface area contributed by atoms with Gasteiger partial charge in [-0.2, -0.15) is 0 Å². The van der Waals surface area contributed by atoms with Gasteiger partial charge < -0.3 is 20.7 Å². The second-order valence-electron chi connectivity index (χ2n) is 6.71. The normalized spacial score (nSPS) is 14.4. The predicted octanol–water partition coefficient (Wildman–Crippen LogP) is 5.20. The Kier molecular flexibility index (Phi) is 5.87. The fraction of sp³-hybridized carbons (Fsp3) is 0.136. The Morgan fingerprint density at radius 2 is 2.03 bits per heavy atom. The van der Waals surface area contributed by atoms with Crippen LogP contribution in [0.5, 0.6) is 0 Å². The highest BCUT2D eigenvalue weighted by Crippen LogP contribution is 2.46. The molecule has 4 rings (SSSR count). The summed E-state index contributed by atoms with van der Waals surface area (Å²) in [4.78, 5) is 17.5. The third-order valence-electron chi connectivity index (χ3n) is 4.67. The number of ether oxygens (including phenoxy) is 1. The van der Waals surface area contributed by atoms with Crippen LogP contribution in [-0.2, 0) is 4.74 Å². The topological polar surface area (TPSA) is 75.3 Å². The highest BCUT2D eigenvalue weighted by molar-refractivity contribution is 8.00. The Labute approximate surface area is 184 Å². The summed E-state index contributed by atoms with van der Waals surface area (Å²) >= 11 is 7.20. The first-order valence-corrected chi connectivity index (χ1v) is 10.6. The number of methoxy groups -OCH3 is 1. The van der Waals surface area contributed by atoms with E-state index in [1.807, 2.05) is 43.5 Å². The summed E-state index contributed by atoms with van der Waals surface area (Å²) in [7, 11) is 1.37. The van der Waals surface area contributed by atoms with Crippen LogP contribution in [0.3, 0.4) is 0 Å². The first-order valence-electron chi connectivity index (χ1n) is 9.28. The molecule has 0 saturated carbocycles. The molecule has 1 atom stereocenters. The standard InChI is InChI=1S/C22H20N4O2S2/c1-13-5-3-8-17(19(13)21(27)28-2)26-22(29)24-15-7-4-6-14(11-15)20-25-16-9-10-23-12-18(16)30-20/h3-12,20,25H,1-2H3,(H2,24,26,29). The Hall–Kier alpha value is -3.10. The lowest BCUT2D eigenvalue weighted by Gasteiger charge is -2.16. The van der Waals surface area contributed by atoms with Gasteiger partial charge in [0.15, 0.2) is 5.11 Å². The van der Waals surface area contributed by atoms with Gasteiger partial charge in [0.1, 0.15) is 5.37 Å². The molecule has 152 valence electrons. The average molecular weight is 437 g/mol. The number of carbonyl (C=O) groups excluding carboxylic acids is 1. The number of thioether (sulfide) groups is 1. The first-order chi connectivity index (χ1) is 14.5. The molecular weight excluding hydrogens is 416 g/mol. The molecule has 0 radical (unpaired) electrons. The van der Waals surface area contributed by atoms with E-state index >= 15 is 0 Å². The summed E-state index contributed by atoms with van der Waals surface area (Å²) < 4.78 is 4.90. The molecule has 1 aromatic heterocycles. The van der Waals surface area contributed by atoms with Crippen LogP contribution in [0.4, 0.5) is 17.1 Å². The number of esters is 1. The van der Waals surface area contributed by atoms with Gasteiger partial charge in [-0.1, -0.05) is 36.0 Å². The van der Waals surface area contributed by atoms with Crippen LogP contribution in [0.15, 0.2) is 65.8 Å². The number of hydrogen-bond acceptors (Lipinski definition) is 6. The number of pyridine rings is 1. The van der Waals surface area contributed by atoms with Crippen molar-refractivity contribution in [1.82, 2.24) is 4.98 Å². The van der Waals surface area contributed by atoms with Crippen molar-refractivity contribution in [3.8, 4) is 0 Å². The molecule has 0 spiro atoms. The zero-order valence-electron chi connectivity index (χ0n) is 16.4. The quantitative estimate of drug-likeness (QED) is 0.381. The number of benzene rings is 2. The predicted molar refractivity (Wildman–Crippen MR) is 125 cm³/mol. The maximum Gasteiger partial charge on any atom is 0.340 e. The van der Waals surface area contributed by atoms with Crippen molar-refractivity contribution in [2.75, 3.05) is 23.1 Å². The van der Waals surface area contributed by atoms with Gasteiger partial charge in [0, 0.05) is 18.1 Å². The van der Waals surface area contributed by atoms with E-state index in [1.54, 1.807) is 24.0 Å². The third-order valence-corrected chi connectivity index (χ3v) is 6.08. The number of aryl methyl sites for hydroxylation is 1. The molecule has 30 heavy (non-hydrogen) atoms. The fourth-order valence-electron chi connectivity index (χ4n) is 3.25. The Balaban J connectivity index is 1.47. The summed E-state index contributed by atoms with van der Waals surface area (Å²) in [5.41, 5.74) is 4.95. The number of fused-ring (bicyclic) bond motifs is 1. The van der Waals surface area contributed by atoms with E-state index in [1.165, 1.54) is 7.11 Å². The van der Waals surface area contributed by atoms with Gasteiger partial charge in [-0.25, -0.2) is 4.79 Å². The van der Waals surface area contributed by atoms with Gasteiger partial charge in [-0.05, 0) is 54.5 Å². The van der Waals surface area contributed by atoms with Gasteiger partial charge >= 0.3 is 5.97 Å². The van der Waals surface area contributed by atoms with E-state index in [0.717, 1.165) is 27.4 Å².